The summed E-state index contributed by atoms with van der Waals surface area (Å²) < 4.78 is 11.0. The molecule has 2 aromatic heterocycles. The first kappa shape index (κ1) is 14.6. The molecule has 0 aliphatic carbocycles. The van der Waals surface area contributed by atoms with Crippen molar-refractivity contribution < 1.29 is 14.1 Å². The summed E-state index contributed by atoms with van der Waals surface area (Å²) in [5.74, 6) is -0.145. The monoisotopic (exact) mass is 339 g/mol. The first-order valence-corrected chi connectivity index (χ1v) is 6.75. The number of ether oxygens (including phenoxy) is 1. The molecule has 0 saturated heterocycles. The molecular weight excluding hydrogens is 326 g/mol. The van der Waals surface area contributed by atoms with Crippen LogP contribution < -0.4 is 0 Å². The van der Waals surface area contributed by atoms with Crippen LogP contribution >= 0.6 is 15.9 Å². The highest BCUT2D eigenvalue weighted by Gasteiger charge is 2.22. The Labute approximate surface area is 124 Å². The molecule has 20 heavy (non-hydrogen) atoms. The van der Waals surface area contributed by atoms with Crippen LogP contribution in [0.1, 0.15) is 37.0 Å². The fourth-order valence-electron chi connectivity index (χ4n) is 1.38. The van der Waals surface area contributed by atoms with E-state index in [0.717, 1.165) is 10.2 Å². The standard InChI is InChI=1S/C13H14BrN3O3/c1-7-8(14)6-15-11(16-7)9-5-10(20-17-9)12(18)19-13(2,3)4/h5-6H,1-4H3. The number of carbonyl (C=O) groups is 1. The molecule has 0 spiro atoms. The molecule has 0 aliphatic heterocycles. The number of hydrogen-bond donors (Lipinski definition) is 0. The molecule has 0 aromatic carbocycles. The van der Waals surface area contributed by atoms with E-state index in [1.807, 2.05) is 6.92 Å². The van der Waals surface area contributed by atoms with E-state index in [1.165, 1.54) is 6.07 Å². The number of hydrogen-bond acceptors (Lipinski definition) is 6. The maximum absolute atomic E-state index is 11.8. The van der Waals surface area contributed by atoms with Crippen LogP contribution in [0.3, 0.4) is 0 Å². The second kappa shape index (κ2) is 5.32. The molecule has 2 heterocycles. The Morgan fingerprint density at radius 2 is 2.10 bits per heavy atom. The molecule has 0 amide bonds. The summed E-state index contributed by atoms with van der Waals surface area (Å²) in [5, 5.41) is 3.79. The van der Waals surface area contributed by atoms with Crippen LogP contribution in [0.4, 0.5) is 0 Å². The van der Waals surface area contributed by atoms with Gasteiger partial charge in [0.2, 0.25) is 5.76 Å². The van der Waals surface area contributed by atoms with Crippen molar-refractivity contribution in [3.8, 4) is 11.5 Å². The molecule has 0 radical (unpaired) electrons. The van der Waals surface area contributed by atoms with Gasteiger partial charge in [-0.2, -0.15) is 0 Å². The van der Waals surface area contributed by atoms with Crippen LogP contribution in [0.5, 0.6) is 0 Å². The molecule has 106 valence electrons. The van der Waals surface area contributed by atoms with Crippen LogP contribution in [0, 0.1) is 6.92 Å². The van der Waals surface area contributed by atoms with E-state index < -0.39 is 11.6 Å². The zero-order valence-electron chi connectivity index (χ0n) is 11.6. The summed E-state index contributed by atoms with van der Waals surface area (Å²) in [6, 6.07) is 1.47. The Morgan fingerprint density at radius 3 is 2.70 bits per heavy atom. The van der Waals surface area contributed by atoms with E-state index in [-0.39, 0.29) is 5.76 Å². The average molecular weight is 340 g/mol. The van der Waals surface area contributed by atoms with Crippen LogP contribution in [0.15, 0.2) is 21.3 Å². The number of carbonyl (C=O) groups excluding carboxylic acids is 1. The van der Waals surface area contributed by atoms with Gasteiger partial charge in [0.25, 0.3) is 0 Å². The molecule has 0 N–H and O–H groups in total. The summed E-state index contributed by atoms with van der Waals surface area (Å²) in [7, 11) is 0. The minimum Gasteiger partial charge on any atom is -0.454 e. The second-order valence-corrected chi connectivity index (χ2v) is 6.06. The van der Waals surface area contributed by atoms with Crippen molar-refractivity contribution in [2.45, 2.75) is 33.3 Å². The van der Waals surface area contributed by atoms with Crippen molar-refractivity contribution in [1.82, 2.24) is 15.1 Å². The zero-order valence-corrected chi connectivity index (χ0v) is 13.2. The zero-order chi connectivity index (χ0) is 14.9. The number of halogens is 1. The van der Waals surface area contributed by atoms with Crippen LogP contribution in [0.2, 0.25) is 0 Å². The topological polar surface area (TPSA) is 78.1 Å². The first-order chi connectivity index (χ1) is 9.26. The van der Waals surface area contributed by atoms with Crippen molar-refractivity contribution in [2.24, 2.45) is 0 Å². The van der Waals surface area contributed by atoms with E-state index in [9.17, 15) is 4.79 Å². The lowest BCUT2D eigenvalue weighted by molar-refractivity contribution is 0.00277. The highest BCUT2D eigenvalue weighted by molar-refractivity contribution is 9.10. The maximum Gasteiger partial charge on any atom is 0.377 e. The van der Waals surface area contributed by atoms with Gasteiger partial charge in [0.1, 0.15) is 5.60 Å². The molecule has 0 fully saturated rings. The van der Waals surface area contributed by atoms with Crippen LogP contribution in [0.25, 0.3) is 11.5 Å². The van der Waals surface area contributed by atoms with Gasteiger partial charge in [-0.1, -0.05) is 5.16 Å². The summed E-state index contributed by atoms with van der Waals surface area (Å²) >= 11 is 3.32. The highest BCUT2D eigenvalue weighted by Crippen LogP contribution is 2.20. The Balaban J connectivity index is 2.24. The van der Waals surface area contributed by atoms with Gasteiger partial charge >= 0.3 is 5.97 Å². The summed E-state index contributed by atoms with van der Waals surface area (Å²) in [4.78, 5) is 20.2. The summed E-state index contributed by atoms with van der Waals surface area (Å²) in [6.07, 6.45) is 1.62. The van der Waals surface area contributed by atoms with E-state index in [0.29, 0.717) is 11.5 Å². The highest BCUT2D eigenvalue weighted by atomic mass is 79.9. The lowest BCUT2D eigenvalue weighted by Crippen LogP contribution is -2.23. The molecular formula is C13H14BrN3O3. The molecule has 0 saturated carbocycles. The van der Waals surface area contributed by atoms with E-state index >= 15 is 0 Å². The van der Waals surface area contributed by atoms with Crippen molar-refractivity contribution >= 4 is 21.9 Å². The first-order valence-electron chi connectivity index (χ1n) is 5.96. The molecule has 7 heteroatoms. The molecule has 0 aliphatic rings. The molecule has 0 unspecified atom stereocenters. The minimum absolute atomic E-state index is 0.0269. The van der Waals surface area contributed by atoms with E-state index in [1.54, 1.807) is 27.0 Å². The third-order valence-electron chi connectivity index (χ3n) is 2.26. The molecule has 2 rings (SSSR count). The van der Waals surface area contributed by atoms with Gasteiger partial charge in [0.15, 0.2) is 11.5 Å². The predicted molar refractivity (Wildman–Crippen MR) is 75.1 cm³/mol. The van der Waals surface area contributed by atoms with Gasteiger partial charge in [0, 0.05) is 12.3 Å². The molecule has 0 bridgehead atoms. The number of nitrogens with zero attached hydrogens (tertiary/aromatic N) is 3. The predicted octanol–water partition coefficient (Wildman–Crippen LogP) is 3.16. The lowest BCUT2D eigenvalue weighted by atomic mass is 10.2. The summed E-state index contributed by atoms with van der Waals surface area (Å²) in [5.41, 5.74) is 0.577. The third-order valence-corrected chi connectivity index (χ3v) is 3.04. The number of esters is 1. The number of aromatic nitrogens is 3. The summed E-state index contributed by atoms with van der Waals surface area (Å²) in [6.45, 7) is 7.18. The van der Waals surface area contributed by atoms with E-state index in [2.05, 4.69) is 31.1 Å². The van der Waals surface area contributed by atoms with Gasteiger partial charge in [-0.05, 0) is 43.6 Å². The fourth-order valence-corrected chi connectivity index (χ4v) is 1.57. The third kappa shape index (κ3) is 3.41. The maximum atomic E-state index is 11.8. The number of aryl methyl sites for hydroxylation is 1. The SMILES string of the molecule is Cc1nc(-c2cc(C(=O)OC(C)(C)C)on2)ncc1Br. The van der Waals surface area contributed by atoms with Crippen molar-refractivity contribution in [2.75, 3.05) is 0 Å². The van der Waals surface area contributed by atoms with Gasteiger partial charge in [-0.15, -0.1) is 0 Å². The minimum atomic E-state index is -0.589. The van der Waals surface area contributed by atoms with Gasteiger partial charge in [0.05, 0.1) is 10.2 Å². The molecule has 0 atom stereocenters. The Hall–Kier alpha value is -1.76. The number of rotatable bonds is 2. The van der Waals surface area contributed by atoms with Crippen molar-refractivity contribution in [3.05, 3.63) is 28.2 Å². The van der Waals surface area contributed by atoms with Gasteiger partial charge in [-0.25, -0.2) is 14.8 Å². The Morgan fingerprint density at radius 1 is 1.40 bits per heavy atom. The van der Waals surface area contributed by atoms with E-state index in [4.69, 9.17) is 9.26 Å². The Kier molecular flexibility index (Phi) is 3.89. The van der Waals surface area contributed by atoms with Gasteiger partial charge in [-0.3, -0.25) is 0 Å². The molecule has 6 nitrogen and oxygen atoms in total. The van der Waals surface area contributed by atoms with Gasteiger partial charge < -0.3 is 9.26 Å². The Bertz CT molecular complexity index is 647. The van der Waals surface area contributed by atoms with Crippen LogP contribution in [-0.2, 0) is 4.74 Å². The largest absolute Gasteiger partial charge is 0.454 e. The average Bonchev–Trinajstić information content (AvgIpc) is 2.80. The van der Waals surface area contributed by atoms with Crippen molar-refractivity contribution in [3.63, 3.8) is 0 Å². The normalized spacial score (nSPS) is 11.4. The smallest absolute Gasteiger partial charge is 0.377 e. The van der Waals surface area contributed by atoms with Crippen molar-refractivity contribution in [1.29, 1.82) is 0 Å². The second-order valence-electron chi connectivity index (χ2n) is 5.21. The quantitative estimate of drug-likeness (QED) is 0.782. The lowest BCUT2D eigenvalue weighted by Gasteiger charge is -2.17. The van der Waals surface area contributed by atoms with Crippen LogP contribution in [-0.4, -0.2) is 26.7 Å². The molecule has 2 aromatic rings. The fraction of sp³-hybridized carbons (Fsp3) is 0.385.